The van der Waals surface area contributed by atoms with Gasteiger partial charge in [0.2, 0.25) is 0 Å². The number of carboxylic acids is 1. The Bertz CT molecular complexity index is 492. The van der Waals surface area contributed by atoms with Gasteiger partial charge in [-0.05, 0) is 37.8 Å². The molecule has 1 aliphatic carbocycles. The molecule has 2 N–H and O–H groups in total. The third kappa shape index (κ3) is 3.50. The van der Waals surface area contributed by atoms with Gasteiger partial charge in [-0.3, -0.25) is 9.69 Å². The minimum absolute atomic E-state index is 0.166. The number of aryl methyl sites for hydroxylation is 1. The molecule has 1 aliphatic rings. The first-order chi connectivity index (χ1) is 9.45. The lowest BCUT2D eigenvalue weighted by Gasteiger charge is -2.35. The zero-order valence-corrected chi connectivity index (χ0v) is 11.8. The molecule has 2 rings (SSSR count). The Balaban J connectivity index is 2.08. The zero-order valence-electron chi connectivity index (χ0n) is 11.8. The number of aliphatic carboxylic acids is 1. The second-order valence-electron chi connectivity index (χ2n) is 5.54. The van der Waals surface area contributed by atoms with Gasteiger partial charge in [0, 0.05) is 11.7 Å². The molecule has 0 aliphatic heterocycles. The minimum atomic E-state index is -1.03. The number of carbonyl (C=O) groups is 2. The number of benzene rings is 1. The maximum atomic E-state index is 12.2. The van der Waals surface area contributed by atoms with Crippen LogP contribution in [0.5, 0.6) is 0 Å². The lowest BCUT2D eigenvalue weighted by Crippen LogP contribution is -2.50. The molecule has 5 nitrogen and oxygen atoms in total. The van der Waals surface area contributed by atoms with Crippen molar-refractivity contribution in [3.63, 3.8) is 0 Å². The average Bonchev–Trinajstić information content (AvgIpc) is 2.35. The van der Waals surface area contributed by atoms with E-state index < -0.39 is 5.97 Å². The highest BCUT2D eigenvalue weighted by Gasteiger charge is 2.29. The molecule has 0 aromatic heterocycles. The Morgan fingerprint density at radius 1 is 1.30 bits per heavy atom. The van der Waals surface area contributed by atoms with Crippen LogP contribution >= 0.6 is 0 Å². The third-order valence-electron chi connectivity index (χ3n) is 3.59. The number of hydrogen-bond donors (Lipinski definition) is 2. The predicted octanol–water partition coefficient (Wildman–Crippen LogP) is 2.39. The van der Waals surface area contributed by atoms with Crippen molar-refractivity contribution >= 4 is 17.7 Å². The van der Waals surface area contributed by atoms with Crippen LogP contribution in [-0.2, 0) is 4.79 Å². The van der Waals surface area contributed by atoms with Gasteiger partial charge in [0.25, 0.3) is 0 Å². The molecule has 0 spiro atoms. The molecule has 1 fully saturated rings. The smallest absolute Gasteiger partial charge is 0.323 e. The van der Waals surface area contributed by atoms with Crippen LogP contribution < -0.4 is 10.2 Å². The van der Waals surface area contributed by atoms with Crippen LogP contribution in [0.25, 0.3) is 0 Å². The van der Waals surface area contributed by atoms with Crippen molar-refractivity contribution < 1.29 is 14.7 Å². The van der Waals surface area contributed by atoms with E-state index in [2.05, 4.69) is 12.2 Å². The Kier molecular flexibility index (Phi) is 4.27. The molecule has 0 radical (unpaired) electrons. The average molecular weight is 276 g/mol. The first-order valence-corrected chi connectivity index (χ1v) is 6.82. The molecule has 1 saturated carbocycles. The summed E-state index contributed by atoms with van der Waals surface area (Å²) < 4.78 is 0. The van der Waals surface area contributed by atoms with E-state index in [0.29, 0.717) is 11.6 Å². The fourth-order valence-corrected chi connectivity index (χ4v) is 2.41. The van der Waals surface area contributed by atoms with Crippen molar-refractivity contribution in [2.45, 2.75) is 32.7 Å². The Hall–Kier alpha value is -2.04. The highest BCUT2D eigenvalue weighted by atomic mass is 16.4. The molecular formula is C15H20N2O3. The quantitative estimate of drug-likeness (QED) is 0.887. The fraction of sp³-hybridized carbons (Fsp3) is 0.467. The molecule has 0 bridgehead atoms. The van der Waals surface area contributed by atoms with E-state index in [0.717, 1.165) is 18.4 Å². The van der Waals surface area contributed by atoms with Gasteiger partial charge in [-0.25, -0.2) is 4.79 Å². The summed E-state index contributed by atoms with van der Waals surface area (Å²) in [5.41, 5.74) is 1.67. The molecule has 0 saturated heterocycles. The van der Waals surface area contributed by atoms with E-state index in [1.165, 1.54) is 4.90 Å². The zero-order chi connectivity index (χ0) is 14.7. The number of nitrogens with zero attached hydrogens (tertiary/aromatic N) is 1. The molecule has 5 heteroatoms. The summed E-state index contributed by atoms with van der Waals surface area (Å²) >= 11 is 0. The third-order valence-corrected chi connectivity index (χ3v) is 3.59. The normalized spacial score (nSPS) is 20.9. The van der Waals surface area contributed by atoms with Gasteiger partial charge in [-0.2, -0.15) is 0 Å². The van der Waals surface area contributed by atoms with Crippen LogP contribution in [0.3, 0.4) is 0 Å². The Morgan fingerprint density at radius 2 is 1.90 bits per heavy atom. The first-order valence-electron chi connectivity index (χ1n) is 6.82. The van der Waals surface area contributed by atoms with E-state index in [4.69, 9.17) is 5.11 Å². The highest BCUT2D eigenvalue weighted by molar-refractivity contribution is 5.96. The molecule has 0 heterocycles. The Morgan fingerprint density at radius 3 is 2.40 bits per heavy atom. The SMILES string of the molecule is Cc1ccc(N(CC(=O)O)C(=O)NC2CC(C)C2)cc1. The number of rotatable bonds is 4. The van der Waals surface area contributed by atoms with Crippen molar-refractivity contribution in [3.8, 4) is 0 Å². The maximum absolute atomic E-state index is 12.2. The van der Waals surface area contributed by atoms with Crippen LogP contribution in [0.2, 0.25) is 0 Å². The van der Waals surface area contributed by atoms with Crippen LogP contribution in [0.4, 0.5) is 10.5 Å². The summed E-state index contributed by atoms with van der Waals surface area (Å²) in [4.78, 5) is 24.4. The number of nitrogens with one attached hydrogen (secondary N) is 1. The summed E-state index contributed by atoms with van der Waals surface area (Å²) in [7, 11) is 0. The number of anilines is 1. The molecule has 0 atom stereocenters. The van der Waals surface area contributed by atoms with Gasteiger partial charge in [-0.15, -0.1) is 0 Å². The van der Waals surface area contributed by atoms with Crippen molar-refractivity contribution in [1.29, 1.82) is 0 Å². The monoisotopic (exact) mass is 276 g/mol. The van der Waals surface area contributed by atoms with Crippen LogP contribution in [0.1, 0.15) is 25.3 Å². The van der Waals surface area contributed by atoms with Crippen molar-refractivity contribution in [3.05, 3.63) is 29.8 Å². The molecule has 1 aromatic rings. The summed E-state index contributed by atoms with van der Waals surface area (Å²) in [5.74, 6) is -0.393. The predicted molar refractivity (Wildman–Crippen MR) is 76.9 cm³/mol. The lowest BCUT2D eigenvalue weighted by atomic mass is 9.82. The fourth-order valence-electron chi connectivity index (χ4n) is 2.41. The summed E-state index contributed by atoms with van der Waals surface area (Å²) in [6.45, 7) is 3.75. The van der Waals surface area contributed by atoms with Gasteiger partial charge >= 0.3 is 12.0 Å². The summed E-state index contributed by atoms with van der Waals surface area (Å²) in [6.07, 6.45) is 1.92. The van der Waals surface area contributed by atoms with Gasteiger partial charge in [-0.1, -0.05) is 24.6 Å². The number of carbonyl (C=O) groups excluding carboxylic acids is 1. The van der Waals surface area contributed by atoms with Crippen LogP contribution in [-0.4, -0.2) is 29.7 Å². The highest BCUT2D eigenvalue weighted by Crippen LogP contribution is 2.26. The van der Waals surface area contributed by atoms with Crippen molar-refractivity contribution in [2.75, 3.05) is 11.4 Å². The number of carboxylic acid groups (broad SMARTS) is 1. The number of urea groups is 1. The molecule has 20 heavy (non-hydrogen) atoms. The Labute approximate surface area is 118 Å². The standard InChI is InChI=1S/C15H20N2O3/c1-10-3-5-13(6-4-10)17(9-14(18)19)15(20)16-12-7-11(2)8-12/h3-6,11-12H,7-9H2,1-2H3,(H,16,20)(H,18,19). The molecule has 2 amide bonds. The molecule has 108 valence electrons. The second-order valence-corrected chi connectivity index (χ2v) is 5.54. The summed E-state index contributed by atoms with van der Waals surface area (Å²) in [5, 5.41) is 11.9. The van der Waals surface area contributed by atoms with E-state index >= 15 is 0 Å². The summed E-state index contributed by atoms with van der Waals surface area (Å²) in [6, 6.07) is 7.08. The first kappa shape index (κ1) is 14.4. The molecule has 1 aromatic carbocycles. The van der Waals surface area contributed by atoms with E-state index in [-0.39, 0.29) is 18.6 Å². The van der Waals surface area contributed by atoms with Crippen molar-refractivity contribution in [2.24, 2.45) is 5.92 Å². The van der Waals surface area contributed by atoms with Crippen LogP contribution in [0, 0.1) is 12.8 Å². The van der Waals surface area contributed by atoms with Gasteiger partial charge < -0.3 is 10.4 Å². The largest absolute Gasteiger partial charge is 0.480 e. The lowest BCUT2D eigenvalue weighted by molar-refractivity contribution is -0.135. The second kappa shape index (κ2) is 5.94. The van der Waals surface area contributed by atoms with E-state index in [1.807, 2.05) is 19.1 Å². The minimum Gasteiger partial charge on any atom is -0.480 e. The van der Waals surface area contributed by atoms with E-state index in [1.54, 1.807) is 12.1 Å². The van der Waals surface area contributed by atoms with Gasteiger partial charge in [0.05, 0.1) is 0 Å². The number of hydrogen-bond acceptors (Lipinski definition) is 2. The molecule has 0 unspecified atom stereocenters. The van der Waals surface area contributed by atoms with Gasteiger partial charge in [0.15, 0.2) is 0 Å². The maximum Gasteiger partial charge on any atom is 0.323 e. The molecular weight excluding hydrogens is 256 g/mol. The van der Waals surface area contributed by atoms with Gasteiger partial charge in [0.1, 0.15) is 6.54 Å². The topological polar surface area (TPSA) is 69.6 Å². The van der Waals surface area contributed by atoms with Crippen LogP contribution in [0.15, 0.2) is 24.3 Å². The number of amides is 2. The van der Waals surface area contributed by atoms with Crippen molar-refractivity contribution in [1.82, 2.24) is 5.32 Å². The van der Waals surface area contributed by atoms with E-state index in [9.17, 15) is 9.59 Å².